The average molecular weight is 156 g/mol. The van der Waals surface area contributed by atoms with Gasteiger partial charge in [-0.05, 0) is 6.08 Å². The summed E-state index contributed by atoms with van der Waals surface area (Å²) in [4.78, 5) is 10.3. The van der Waals surface area contributed by atoms with Crippen molar-refractivity contribution in [1.82, 2.24) is 0 Å². The fourth-order valence-corrected chi connectivity index (χ4v) is 0.619. The van der Waals surface area contributed by atoms with E-state index in [4.69, 9.17) is 10.0 Å². The van der Waals surface area contributed by atoms with Crippen LogP contribution in [0.25, 0.3) is 0 Å². The summed E-state index contributed by atoms with van der Waals surface area (Å²) in [6.07, 6.45) is 2.76. The molecule has 1 aliphatic rings. The maximum atomic E-state index is 10.3. The molecule has 0 aromatic carbocycles. The second kappa shape index (κ2) is 2.91. The van der Waals surface area contributed by atoms with Gasteiger partial charge in [0.2, 0.25) is 5.72 Å². The number of carbonyl (C=O) groups is 1. The van der Waals surface area contributed by atoms with Crippen LogP contribution < -0.4 is 0 Å². The molecule has 1 atom stereocenters. The van der Waals surface area contributed by atoms with E-state index in [2.05, 4.69) is 14.9 Å². The van der Waals surface area contributed by atoms with Gasteiger partial charge in [0.1, 0.15) is 0 Å². The van der Waals surface area contributed by atoms with Crippen molar-refractivity contribution in [3.05, 3.63) is 12.3 Å². The second-order valence-corrected chi connectivity index (χ2v) is 1.85. The fraction of sp³-hybridized carbons (Fsp3) is 0.250. The summed E-state index contributed by atoms with van der Waals surface area (Å²) in [5.41, 5.74) is -1.64. The van der Waals surface area contributed by atoms with Crippen molar-refractivity contribution in [2.45, 2.75) is 5.72 Å². The summed E-state index contributed by atoms with van der Waals surface area (Å²) < 4.78 is 4.34. The first kappa shape index (κ1) is 8.06. The normalized spacial score (nSPS) is 27.5. The number of azo groups is 1. The Bertz CT molecular complexity index is 202. The van der Waals surface area contributed by atoms with Crippen LogP contribution in [0.3, 0.4) is 0 Å². The molecule has 0 fully saturated rings. The number of hydrogen-bond donors (Lipinski definition) is 2. The number of carbonyl (C=O) groups excluding carboxylic acids is 1. The Labute approximate surface area is 62.4 Å². The van der Waals surface area contributed by atoms with Crippen LogP contribution in [0.1, 0.15) is 0 Å². The minimum Gasteiger partial charge on any atom is -0.402 e. The molecule has 0 aromatic heterocycles. The minimum absolute atomic E-state index is 0.319. The monoisotopic (exact) mass is 156 g/mol. The fourth-order valence-electron chi connectivity index (χ4n) is 0.619. The van der Waals surface area contributed by atoms with Crippen LogP contribution in [0.5, 0.6) is 0 Å². The number of hydrogen-bond acceptors (Lipinski definition) is 6. The van der Waals surface area contributed by atoms with E-state index in [1.807, 2.05) is 0 Å². The molecule has 1 heterocycles. The van der Waals surface area contributed by atoms with E-state index in [0.29, 0.717) is 6.29 Å². The standard InChI is InChI=1S/C4H5BN2O4/c8-3-4(11-5(9)10)1-2-6-7-4/h1-3,9-10H. The van der Waals surface area contributed by atoms with Crippen LogP contribution in [0.2, 0.25) is 0 Å². The molecule has 0 aliphatic carbocycles. The van der Waals surface area contributed by atoms with Gasteiger partial charge in [-0.15, -0.1) is 5.11 Å². The molecule has 0 spiro atoms. The minimum atomic E-state index is -2.04. The summed E-state index contributed by atoms with van der Waals surface area (Å²) in [7, 11) is -2.04. The molecule has 58 valence electrons. The highest BCUT2D eigenvalue weighted by atomic mass is 16.6. The van der Waals surface area contributed by atoms with Crippen molar-refractivity contribution in [1.29, 1.82) is 0 Å². The van der Waals surface area contributed by atoms with Gasteiger partial charge >= 0.3 is 7.32 Å². The number of aldehydes is 1. The van der Waals surface area contributed by atoms with Crippen LogP contribution in [-0.4, -0.2) is 29.4 Å². The van der Waals surface area contributed by atoms with E-state index < -0.39 is 13.0 Å². The molecule has 0 aromatic rings. The van der Waals surface area contributed by atoms with Crippen LogP contribution >= 0.6 is 0 Å². The van der Waals surface area contributed by atoms with Crippen molar-refractivity contribution in [3.63, 3.8) is 0 Å². The molecule has 11 heavy (non-hydrogen) atoms. The van der Waals surface area contributed by atoms with Crippen molar-refractivity contribution < 1.29 is 19.5 Å². The van der Waals surface area contributed by atoms with Gasteiger partial charge in [-0.3, -0.25) is 4.79 Å². The highest BCUT2D eigenvalue weighted by molar-refractivity contribution is 6.33. The Kier molecular flexibility index (Phi) is 2.13. The van der Waals surface area contributed by atoms with Gasteiger partial charge < -0.3 is 14.7 Å². The van der Waals surface area contributed by atoms with Crippen LogP contribution in [0.15, 0.2) is 22.5 Å². The Morgan fingerprint density at radius 2 is 2.36 bits per heavy atom. The van der Waals surface area contributed by atoms with E-state index in [9.17, 15) is 4.79 Å². The smallest absolute Gasteiger partial charge is 0.402 e. The summed E-state index contributed by atoms with van der Waals surface area (Å²) >= 11 is 0. The van der Waals surface area contributed by atoms with Crippen LogP contribution in [0.4, 0.5) is 0 Å². The average Bonchev–Trinajstić information content (AvgIpc) is 2.36. The molecule has 1 unspecified atom stereocenters. The Hall–Kier alpha value is -1.05. The summed E-state index contributed by atoms with van der Waals surface area (Å²) in [6.45, 7) is 0. The first-order valence-corrected chi connectivity index (χ1v) is 2.78. The molecular weight excluding hydrogens is 151 g/mol. The lowest BCUT2D eigenvalue weighted by Gasteiger charge is -2.14. The van der Waals surface area contributed by atoms with Gasteiger partial charge in [0.15, 0.2) is 6.29 Å². The predicted molar refractivity (Wildman–Crippen MR) is 34.1 cm³/mol. The van der Waals surface area contributed by atoms with Crippen LogP contribution in [0, 0.1) is 0 Å². The van der Waals surface area contributed by atoms with Crippen molar-refractivity contribution in [2.75, 3.05) is 0 Å². The third-order valence-corrected chi connectivity index (χ3v) is 1.06. The van der Waals surface area contributed by atoms with E-state index in [1.54, 1.807) is 0 Å². The quantitative estimate of drug-likeness (QED) is 0.398. The SMILES string of the molecule is O=CC1(OB(O)O)C=CN=N1. The van der Waals surface area contributed by atoms with Crippen molar-refractivity contribution in [2.24, 2.45) is 10.2 Å². The zero-order valence-corrected chi connectivity index (χ0v) is 5.41. The maximum absolute atomic E-state index is 10.3. The Balaban J connectivity index is 2.69. The zero-order valence-electron chi connectivity index (χ0n) is 5.41. The highest BCUT2D eigenvalue weighted by Crippen LogP contribution is 2.18. The molecule has 0 saturated heterocycles. The predicted octanol–water partition coefficient (Wildman–Crippen LogP) is -1.15. The topological polar surface area (TPSA) is 91.5 Å². The molecule has 2 N–H and O–H groups in total. The molecule has 1 aliphatic heterocycles. The maximum Gasteiger partial charge on any atom is 0.636 e. The Morgan fingerprint density at radius 3 is 2.73 bits per heavy atom. The van der Waals surface area contributed by atoms with Gasteiger partial charge in [0, 0.05) is 0 Å². The third kappa shape index (κ3) is 1.70. The first-order valence-electron chi connectivity index (χ1n) is 2.78. The van der Waals surface area contributed by atoms with Crippen molar-refractivity contribution in [3.8, 4) is 0 Å². The summed E-state index contributed by atoms with van der Waals surface area (Å²) in [5.74, 6) is 0. The number of rotatable bonds is 3. The lowest BCUT2D eigenvalue weighted by molar-refractivity contribution is -0.119. The van der Waals surface area contributed by atoms with Gasteiger partial charge in [-0.25, -0.2) is 0 Å². The Morgan fingerprint density at radius 1 is 1.64 bits per heavy atom. The number of nitrogens with zero attached hydrogens (tertiary/aromatic N) is 2. The lowest BCUT2D eigenvalue weighted by atomic mass is 10.2. The summed E-state index contributed by atoms with van der Waals surface area (Å²) in [5, 5.41) is 23.4. The molecule has 0 bridgehead atoms. The summed E-state index contributed by atoms with van der Waals surface area (Å²) in [6, 6.07) is 0. The van der Waals surface area contributed by atoms with E-state index in [-0.39, 0.29) is 0 Å². The molecule has 0 radical (unpaired) electrons. The van der Waals surface area contributed by atoms with Gasteiger partial charge in [-0.1, -0.05) is 0 Å². The third-order valence-electron chi connectivity index (χ3n) is 1.06. The van der Waals surface area contributed by atoms with Crippen molar-refractivity contribution >= 4 is 13.6 Å². The molecule has 0 amide bonds. The van der Waals surface area contributed by atoms with Gasteiger partial charge in [-0.2, -0.15) is 5.11 Å². The molecule has 1 rings (SSSR count). The molecular formula is C4H5BN2O4. The first-order chi connectivity index (χ1) is 5.18. The van der Waals surface area contributed by atoms with Gasteiger partial charge in [0.25, 0.3) is 0 Å². The van der Waals surface area contributed by atoms with E-state index >= 15 is 0 Å². The lowest BCUT2D eigenvalue weighted by Crippen LogP contribution is -2.35. The largest absolute Gasteiger partial charge is 0.636 e. The second-order valence-electron chi connectivity index (χ2n) is 1.85. The highest BCUT2D eigenvalue weighted by Gasteiger charge is 2.34. The van der Waals surface area contributed by atoms with E-state index in [1.165, 1.54) is 12.3 Å². The molecule has 7 heteroatoms. The zero-order chi connectivity index (χ0) is 8.32. The van der Waals surface area contributed by atoms with Crippen LogP contribution in [-0.2, 0) is 9.45 Å². The molecule has 6 nitrogen and oxygen atoms in total. The van der Waals surface area contributed by atoms with E-state index in [0.717, 1.165) is 0 Å². The molecule has 0 saturated carbocycles. The van der Waals surface area contributed by atoms with Gasteiger partial charge in [0.05, 0.1) is 6.20 Å².